The van der Waals surface area contributed by atoms with Crippen LogP contribution in [-0.2, 0) is 22.4 Å². The zero-order valence-corrected chi connectivity index (χ0v) is 4.18. The first kappa shape index (κ1) is 9.10. The van der Waals surface area contributed by atoms with Gasteiger partial charge in [0.25, 0.3) is 0 Å². The van der Waals surface area contributed by atoms with Crippen LogP contribution in [0.5, 0.6) is 0 Å². The van der Waals surface area contributed by atoms with Crippen LogP contribution in [0.15, 0.2) is 0 Å². The van der Waals surface area contributed by atoms with Crippen LogP contribution >= 0.6 is 0 Å². The van der Waals surface area contributed by atoms with Gasteiger partial charge in [-0.05, 0) is 0 Å². The second kappa shape index (κ2) is 8.82. The van der Waals surface area contributed by atoms with Gasteiger partial charge >= 0.3 is 0 Å². The van der Waals surface area contributed by atoms with E-state index in [2.05, 4.69) is 0 Å². The first-order chi connectivity index (χ1) is 2.41. The summed E-state index contributed by atoms with van der Waals surface area (Å²) in [6.07, 6.45) is 2.81. The fraction of sp³-hybridized carbons (Fsp3) is 0. The Bertz CT molecular complexity index is 73.9. The first-order valence-electron chi connectivity index (χ1n) is 0.947. The summed E-state index contributed by atoms with van der Waals surface area (Å²) in [5, 5.41) is 16.7. The molecule has 0 aliphatic heterocycles. The zero-order chi connectivity index (χ0) is 4.12. The molecule has 0 saturated heterocycles. The maximum atomic E-state index is 7.48. The Morgan fingerprint density at radius 1 is 1.17 bits per heavy atom. The van der Waals surface area contributed by atoms with Crippen molar-refractivity contribution in [3.63, 3.8) is 0 Å². The van der Waals surface area contributed by atoms with E-state index in [9.17, 15) is 0 Å². The van der Waals surface area contributed by atoms with Crippen LogP contribution in [0.2, 0.25) is 0 Å². The second-order valence-electron chi connectivity index (χ2n) is 0.349. The quantitative estimate of drug-likeness (QED) is 0.307. The van der Waals surface area contributed by atoms with Crippen molar-refractivity contribution in [3.8, 4) is 12.4 Å². The van der Waals surface area contributed by atoms with E-state index in [0.717, 1.165) is 0 Å². The van der Waals surface area contributed by atoms with E-state index in [-0.39, 0.29) is 22.4 Å². The number of nitrogens with zero attached hydrogens (tertiary/aromatic N) is 2. The zero-order valence-electron chi connectivity index (χ0n) is 2.70. The predicted molar refractivity (Wildman–Crippen MR) is 14.4 cm³/mol. The third-order valence-electron chi connectivity index (χ3n) is 0.112. The van der Waals surface area contributed by atoms with Gasteiger partial charge in [0.1, 0.15) is 0 Å². The van der Waals surface area contributed by atoms with Crippen LogP contribution in [-0.4, -0.2) is 0 Å². The summed E-state index contributed by atoms with van der Waals surface area (Å²) >= 11 is 0. The Balaban J connectivity index is 0. The van der Waals surface area contributed by atoms with Gasteiger partial charge in [-0.3, -0.25) is 0 Å². The summed E-state index contributed by atoms with van der Waals surface area (Å²) in [5.74, 6) is 0. The molecule has 3 nitrogen and oxygen atoms in total. The molecule has 4 heteroatoms. The Kier molecular flexibility index (Phi) is 13.4. The molecule has 0 amide bonds. The minimum absolute atomic E-state index is 0. The molecule has 0 unspecified atom stereocenters. The molecule has 0 aromatic carbocycles. The van der Waals surface area contributed by atoms with Crippen molar-refractivity contribution in [2.45, 2.75) is 0 Å². The van der Waals surface area contributed by atoms with Gasteiger partial charge in [-0.15, -0.1) is 0 Å². The van der Waals surface area contributed by atoms with Crippen LogP contribution in [0.3, 0.4) is 0 Å². The molecule has 35 valence electrons. The van der Waals surface area contributed by atoms with E-state index in [1.807, 2.05) is 0 Å². The maximum Gasteiger partial charge on any atom is 0.190 e. The summed E-state index contributed by atoms with van der Waals surface area (Å²) in [4.78, 5) is 0. The normalized spacial score (nSPS) is 3.00. The standard InChI is InChI=1S/C2HN3.Ag/c3-1-5-2-4;/h5H;. The van der Waals surface area contributed by atoms with Crippen LogP contribution in [0.25, 0.3) is 0 Å². The van der Waals surface area contributed by atoms with Gasteiger partial charge in [-0.2, -0.15) is 10.5 Å². The minimum atomic E-state index is 0. The largest absolute Gasteiger partial charge is 0.229 e. The van der Waals surface area contributed by atoms with Crippen LogP contribution < -0.4 is 5.32 Å². The van der Waals surface area contributed by atoms with Gasteiger partial charge in [0.2, 0.25) is 0 Å². The molecule has 1 radical (unpaired) electrons. The number of hydrogen-bond donors (Lipinski definition) is 1. The van der Waals surface area contributed by atoms with Crippen molar-refractivity contribution in [2.75, 3.05) is 0 Å². The average molecular weight is 175 g/mol. The average Bonchev–Trinajstić information content (AvgIpc) is 1.41. The van der Waals surface area contributed by atoms with Crippen molar-refractivity contribution in [1.29, 1.82) is 10.5 Å². The summed E-state index contributed by atoms with van der Waals surface area (Å²) < 4.78 is 0. The first-order valence-corrected chi connectivity index (χ1v) is 0.947. The molecule has 0 bridgehead atoms. The van der Waals surface area contributed by atoms with E-state index >= 15 is 0 Å². The van der Waals surface area contributed by atoms with Gasteiger partial charge < -0.3 is 0 Å². The third kappa shape index (κ3) is 9.67. The molecule has 0 rings (SSSR count). The molecule has 0 aliphatic carbocycles. The number of nitrogens with one attached hydrogen (secondary N) is 1. The summed E-state index contributed by atoms with van der Waals surface area (Å²) in [7, 11) is 0. The maximum absolute atomic E-state index is 7.48. The van der Waals surface area contributed by atoms with Crippen LogP contribution in [0.4, 0.5) is 0 Å². The number of nitriles is 2. The van der Waals surface area contributed by atoms with Crippen molar-refractivity contribution in [3.05, 3.63) is 0 Å². The predicted octanol–water partition coefficient (Wildman–Crippen LogP) is -0.464. The van der Waals surface area contributed by atoms with Crippen molar-refractivity contribution in [1.82, 2.24) is 5.32 Å². The van der Waals surface area contributed by atoms with Crippen molar-refractivity contribution in [2.24, 2.45) is 0 Å². The van der Waals surface area contributed by atoms with Gasteiger partial charge in [-0.25, -0.2) is 5.32 Å². The summed E-state index contributed by atoms with van der Waals surface area (Å²) in [6, 6.07) is 0. The topological polar surface area (TPSA) is 59.6 Å². The summed E-state index contributed by atoms with van der Waals surface area (Å²) in [5.41, 5.74) is 0. The van der Waals surface area contributed by atoms with Gasteiger partial charge in [0.15, 0.2) is 12.4 Å². The second-order valence-corrected chi connectivity index (χ2v) is 0.349. The molecule has 0 heterocycles. The fourth-order valence-corrected chi connectivity index (χ4v) is 0.0250. The van der Waals surface area contributed by atoms with E-state index < -0.39 is 0 Å². The Morgan fingerprint density at radius 3 is 1.50 bits per heavy atom. The Hall–Kier alpha value is -0.480. The van der Waals surface area contributed by atoms with Gasteiger partial charge in [-0.1, -0.05) is 0 Å². The summed E-state index contributed by atoms with van der Waals surface area (Å²) in [6.45, 7) is 0. The van der Waals surface area contributed by atoms with Crippen molar-refractivity contribution < 1.29 is 22.4 Å². The Morgan fingerprint density at radius 2 is 1.50 bits per heavy atom. The molecule has 0 fully saturated rings. The molecule has 0 aromatic rings. The molecule has 1 N–H and O–H groups in total. The monoisotopic (exact) mass is 174 g/mol. The molecule has 0 aromatic heterocycles. The fourth-order valence-electron chi connectivity index (χ4n) is 0.0250. The van der Waals surface area contributed by atoms with Crippen LogP contribution in [0.1, 0.15) is 0 Å². The Labute approximate surface area is 51.1 Å². The van der Waals surface area contributed by atoms with Crippen LogP contribution in [0, 0.1) is 22.9 Å². The van der Waals surface area contributed by atoms with E-state index in [0.29, 0.717) is 0 Å². The molecule has 0 atom stereocenters. The molecular formula is C2HAgN3. The minimum Gasteiger partial charge on any atom is -0.229 e. The SMILES string of the molecule is N#CNC#N.[Ag]. The van der Waals surface area contributed by atoms with E-state index in [4.69, 9.17) is 10.5 Å². The third-order valence-corrected chi connectivity index (χ3v) is 0.112. The molecule has 0 aliphatic rings. The molecule has 0 spiro atoms. The van der Waals surface area contributed by atoms with Crippen molar-refractivity contribution >= 4 is 0 Å². The van der Waals surface area contributed by atoms with E-state index in [1.165, 1.54) is 12.4 Å². The smallest absolute Gasteiger partial charge is 0.190 e. The number of hydrogen-bond acceptors (Lipinski definition) is 3. The molecular weight excluding hydrogens is 174 g/mol. The molecule has 6 heavy (non-hydrogen) atoms. The number of rotatable bonds is 0. The van der Waals surface area contributed by atoms with Gasteiger partial charge in [0, 0.05) is 22.4 Å². The molecule has 0 saturated carbocycles. The van der Waals surface area contributed by atoms with E-state index in [1.54, 1.807) is 5.32 Å². The van der Waals surface area contributed by atoms with Gasteiger partial charge in [0.05, 0.1) is 0 Å².